The van der Waals surface area contributed by atoms with E-state index in [9.17, 15) is 41.4 Å². The molecule has 4 nitrogen and oxygen atoms in total. The highest BCUT2D eigenvalue weighted by Crippen LogP contribution is 2.51. The molecule has 0 aliphatic heterocycles. The number of carbonyl (C=O) groups excluding carboxylic acids is 1. The molecule has 0 aromatic heterocycles. The van der Waals surface area contributed by atoms with Crippen molar-refractivity contribution in [3.05, 3.63) is 34.4 Å². The molecule has 0 saturated heterocycles. The van der Waals surface area contributed by atoms with Crippen molar-refractivity contribution in [2.24, 2.45) is 5.92 Å². The van der Waals surface area contributed by atoms with Crippen molar-refractivity contribution in [1.29, 1.82) is 5.26 Å². The highest BCUT2D eigenvalue weighted by molar-refractivity contribution is 14.1. The van der Waals surface area contributed by atoms with E-state index in [-0.39, 0.29) is 4.43 Å². The molecule has 1 aromatic rings. The lowest BCUT2D eigenvalue weighted by atomic mass is 9.80. The molecule has 1 aliphatic rings. The molecule has 0 bridgehead atoms. The second kappa shape index (κ2) is 6.65. The van der Waals surface area contributed by atoms with Crippen molar-refractivity contribution in [2.45, 2.75) is 30.5 Å². The minimum absolute atomic E-state index is 0.0137. The lowest BCUT2D eigenvalue weighted by Crippen LogP contribution is -2.48. The summed E-state index contributed by atoms with van der Waals surface area (Å²) in [6.45, 7) is 0. The maximum atomic E-state index is 13.3. The Kier molecular flexibility index (Phi) is 5.35. The molecule has 2 rings (SSSR count). The molecule has 3 atom stereocenters. The quantitative estimate of drug-likeness (QED) is 0.385. The van der Waals surface area contributed by atoms with Gasteiger partial charge in [-0.15, -0.1) is 0 Å². The molecule has 2 N–H and O–H groups in total. The van der Waals surface area contributed by atoms with Gasteiger partial charge in [-0.2, -0.15) is 31.6 Å². The van der Waals surface area contributed by atoms with Gasteiger partial charge in [-0.05, 0) is 24.1 Å². The number of ketones is 1. The third kappa shape index (κ3) is 3.29. The summed E-state index contributed by atoms with van der Waals surface area (Å²) in [6, 6.07) is 2.53. The van der Waals surface area contributed by atoms with Gasteiger partial charge in [0.1, 0.15) is 5.60 Å². The van der Waals surface area contributed by atoms with Crippen LogP contribution in [0.3, 0.4) is 0 Å². The first kappa shape index (κ1) is 20.9. The van der Waals surface area contributed by atoms with E-state index in [0.29, 0.717) is 6.07 Å². The average Bonchev–Trinajstić information content (AvgIpc) is 2.72. The fourth-order valence-corrected chi connectivity index (χ4v) is 3.93. The lowest BCUT2D eigenvalue weighted by Gasteiger charge is -2.33. The second-order valence-corrected chi connectivity index (χ2v) is 6.83. The summed E-state index contributed by atoms with van der Waals surface area (Å²) in [5.74, 6) is -4.21. The third-order valence-corrected chi connectivity index (χ3v) is 4.75. The zero-order valence-electron chi connectivity index (χ0n) is 12.6. The molecule has 11 heteroatoms. The number of alkyl halides is 7. The molecule has 0 heterocycles. The molecule has 0 spiro atoms. The van der Waals surface area contributed by atoms with Crippen LogP contribution in [-0.2, 0) is 11.8 Å². The van der Waals surface area contributed by atoms with Crippen LogP contribution in [0.25, 0.3) is 0 Å². The summed E-state index contributed by atoms with van der Waals surface area (Å²) in [4.78, 5) is 12.4. The number of hydrogen-bond acceptors (Lipinski definition) is 4. The standard InChI is InChI=1S/C15H10F6INO3/c16-14(17,18)8-4-6(5-23)3-7-9(8)11(24)10(12(25)15(19,20)21)13(7,26)1-2-22/h3-4,10,12,25-26H,1-2H2. The fourth-order valence-electron chi connectivity index (χ4n) is 3.10. The first-order valence-corrected chi connectivity index (χ1v) is 8.54. The van der Waals surface area contributed by atoms with Gasteiger partial charge in [0, 0.05) is 9.99 Å². The summed E-state index contributed by atoms with van der Waals surface area (Å²) in [7, 11) is 0. The molecule has 0 saturated carbocycles. The van der Waals surface area contributed by atoms with E-state index in [0.717, 1.165) is 6.07 Å². The zero-order chi connectivity index (χ0) is 20.1. The van der Waals surface area contributed by atoms with Crippen LogP contribution in [0.4, 0.5) is 26.3 Å². The number of Topliss-reactive ketones (excluding diaryl/α,β-unsaturated/α-hetero) is 1. The molecule has 26 heavy (non-hydrogen) atoms. The van der Waals surface area contributed by atoms with Gasteiger partial charge in [0.05, 0.1) is 23.1 Å². The SMILES string of the molecule is N#Cc1cc(C(F)(F)F)c2c(c1)C(O)(CCI)C(C(O)C(F)(F)F)C2=O. The summed E-state index contributed by atoms with van der Waals surface area (Å²) in [6.07, 6.45) is -14.4. The van der Waals surface area contributed by atoms with Crippen LogP contribution in [0, 0.1) is 17.2 Å². The van der Waals surface area contributed by atoms with Gasteiger partial charge in [-0.3, -0.25) is 4.79 Å². The Labute approximate surface area is 156 Å². The number of carbonyl (C=O) groups is 1. The molecule has 0 fully saturated rings. The Bertz CT molecular complexity index is 785. The smallest absolute Gasteiger partial charge is 0.384 e. The van der Waals surface area contributed by atoms with Crippen LogP contribution in [0.1, 0.15) is 33.5 Å². The van der Waals surface area contributed by atoms with Crippen LogP contribution < -0.4 is 0 Å². The topological polar surface area (TPSA) is 81.3 Å². The molecule has 1 aromatic carbocycles. The van der Waals surface area contributed by atoms with Crippen molar-refractivity contribution in [3.8, 4) is 6.07 Å². The maximum Gasteiger partial charge on any atom is 0.417 e. The van der Waals surface area contributed by atoms with Crippen molar-refractivity contribution >= 4 is 28.4 Å². The van der Waals surface area contributed by atoms with E-state index in [1.54, 1.807) is 22.6 Å². The summed E-state index contributed by atoms with van der Waals surface area (Å²) < 4.78 is 78.8. The number of halogens is 7. The minimum atomic E-state index is -5.34. The molecular formula is C15H10F6INO3. The maximum absolute atomic E-state index is 13.3. The number of nitriles is 1. The number of aliphatic hydroxyl groups is 2. The average molecular weight is 493 g/mol. The number of rotatable bonds is 3. The van der Waals surface area contributed by atoms with Gasteiger partial charge in [-0.25, -0.2) is 0 Å². The molecule has 0 amide bonds. The van der Waals surface area contributed by atoms with Gasteiger partial charge in [-0.1, -0.05) is 22.6 Å². The summed E-state index contributed by atoms with van der Waals surface area (Å²) >= 11 is 1.67. The fraction of sp³-hybridized carbons (Fsp3) is 0.467. The highest BCUT2D eigenvalue weighted by Gasteiger charge is 2.61. The normalized spacial score (nSPS) is 24.3. The summed E-state index contributed by atoms with van der Waals surface area (Å²) in [5, 5.41) is 29.2. The Balaban J connectivity index is 2.84. The number of nitrogens with zero attached hydrogens (tertiary/aromatic N) is 1. The van der Waals surface area contributed by atoms with Crippen molar-refractivity contribution in [2.75, 3.05) is 4.43 Å². The predicted molar refractivity (Wildman–Crippen MR) is 83.4 cm³/mol. The van der Waals surface area contributed by atoms with E-state index < -0.39 is 64.4 Å². The monoisotopic (exact) mass is 493 g/mol. The number of aliphatic hydroxyl groups excluding tert-OH is 1. The van der Waals surface area contributed by atoms with Gasteiger partial charge in [0.25, 0.3) is 0 Å². The first-order valence-electron chi connectivity index (χ1n) is 7.02. The molecule has 0 radical (unpaired) electrons. The van der Waals surface area contributed by atoms with E-state index in [1.807, 2.05) is 0 Å². The Morgan fingerprint density at radius 2 is 1.85 bits per heavy atom. The molecule has 3 unspecified atom stereocenters. The van der Waals surface area contributed by atoms with Gasteiger partial charge in [0.2, 0.25) is 0 Å². The Morgan fingerprint density at radius 3 is 2.27 bits per heavy atom. The van der Waals surface area contributed by atoms with Crippen molar-refractivity contribution < 1.29 is 41.4 Å². The molecule has 142 valence electrons. The van der Waals surface area contributed by atoms with E-state index in [1.165, 1.54) is 6.07 Å². The van der Waals surface area contributed by atoms with Gasteiger partial charge >= 0.3 is 12.4 Å². The van der Waals surface area contributed by atoms with Gasteiger partial charge < -0.3 is 10.2 Å². The second-order valence-electron chi connectivity index (χ2n) is 5.75. The minimum Gasteiger partial charge on any atom is -0.384 e. The van der Waals surface area contributed by atoms with Crippen molar-refractivity contribution in [3.63, 3.8) is 0 Å². The van der Waals surface area contributed by atoms with Gasteiger partial charge in [0.15, 0.2) is 11.9 Å². The first-order chi connectivity index (χ1) is 11.8. The lowest BCUT2D eigenvalue weighted by molar-refractivity contribution is -0.232. The zero-order valence-corrected chi connectivity index (χ0v) is 14.8. The Hall–Kier alpha value is -1.39. The van der Waals surface area contributed by atoms with Crippen LogP contribution in [0.15, 0.2) is 12.1 Å². The van der Waals surface area contributed by atoms with E-state index in [2.05, 4.69) is 0 Å². The van der Waals surface area contributed by atoms with Crippen molar-refractivity contribution in [1.82, 2.24) is 0 Å². The molecular weight excluding hydrogens is 483 g/mol. The van der Waals surface area contributed by atoms with Crippen LogP contribution in [-0.4, -0.2) is 32.7 Å². The highest BCUT2D eigenvalue weighted by atomic mass is 127. The summed E-state index contributed by atoms with van der Waals surface area (Å²) in [5.41, 5.74) is -6.73. The van der Waals surface area contributed by atoms with Crippen LogP contribution in [0.5, 0.6) is 0 Å². The number of fused-ring (bicyclic) bond motifs is 1. The Morgan fingerprint density at radius 1 is 1.27 bits per heavy atom. The predicted octanol–water partition coefficient (Wildman–Crippen LogP) is 3.33. The van der Waals surface area contributed by atoms with E-state index >= 15 is 0 Å². The third-order valence-electron chi connectivity index (χ3n) is 4.21. The van der Waals surface area contributed by atoms with Crippen LogP contribution in [0.2, 0.25) is 0 Å². The number of benzene rings is 1. The number of hydrogen-bond donors (Lipinski definition) is 2. The molecule has 1 aliphatic carbocycles. The largest absolute Gasteiger partial charge is 0.417 e. The van der Waals surface area contributed by atoms with E-state index in [4.69, 9.17) is 5.26 Å². The van der Waals surface area contributed by atoms with Crippen LogP contribution >= 0.6 is 22.6 Å².